The van der Waals surface area contributed by atoms with Gasteiger partial charge in [0.15, 0.2) is 24.9 Å². The Morgan fingerprint density at radius 1 is 0.528 bits per heavy atom. The van der Waals surface area contributed by atoms with Crippen molar-refractivity contribution in [2.24, 2.45) is 0 Å². The van der Waals surface area contributed by atoms with Crippen LogP contribution in [0.1, 0.15) is 22.3 Å². The average Bonchev–Trinajstić information content (AvgIpc) is 3.61. The first-order chi connectivity index (χ1) is 25.6. The zero-order chi connectivity index (χ0) is 37.7. The largest absolute Gasteiger partial charge is 0.374 e. The topological polar surface area (TPSA) is 84.8 Å². The van der Waals surface area contributed by atoms with Gasteiger partial charge < -0.3 is 38.3 Å². The molecule has 0 saturated carbocycles. The number of aliphatic hydroxyl groups excluding tert-OH is 1. The van der Waals surface area contributed by atoms with E-state index in [0.29, 0.717) is 33.3 Å². The molecule has 2 fully saturated rings. The molecule has 8 nitrogen and oxygen atoms in total. The van der Waals surface area contributed by atoms with Gasteiger partial charge in [-0.25, -0.2) is 8.78 Å². The molecule has 8 atom stereocenters. The summed E-state index contributed by atoms with van der Waals surface area (Å²) >= 11 is 23.4. The van der Waals surface area contributed by atoms with Gasteiger partial charge in [-0.2, -0.15) is 0 Å². The molecule has 0 spiro atoms. The molecule has 2 heterocycles. The Balaban J connectivity index is 0.000000204. The lowest BCUT2D eigenvalue weighted by Gasteiger charge is -2.20. The maximum Gasteiger partial charge on any atom is 0.191 e. The van der Waals surface area contributed by atoms with Crippen molar-refractivity contribution in [3.05, 3.63) is 139 Å². The smallest absolute Gasteiger partial charge is 0.191 e. The molecule has 6 rings (SSSR count). The minimum atomic E-state index is -1.63. The fourth-order valence-corrected chi connectivity index (χ4v) is 6.03. The summed E-state index contributed by atoms with van der Waals surface area (Å²) in [5.41, 5.74) is 3.65. The van der Waals surface area contributed by atoms with Crippen LogP contribution in [-0.4, -0.2) is 74.8 Å². The third kappa shape index (κ3) is 12.8. The Hall–Kier alpha value is -2.42. The van der Waals surface area contributed by atoms with Crippen molar-refractivity contribution < 1.29 is 47.0 Å². The van der Waals surface area contributed by atoms with E-state index >= 15 is 0 Å². The number of hydrogen-bond donors (Lipinski definition) is 1. The van der Waals surface area contributed by atoms with Gasteiger partial charge in [0.1, 0.15) is 24.4 Å². The summed E-state index contributed by atoms with van der Waals surface area (Å²) < 4.78 is 67.4. The quantitative estimate of drug-likeness (QED) is 0.127. The van der Waals surface area contributed by atoms with E-state index in [1.54, 1.807) is 60.7 Å². The molecule has 2 aliphatic heterocycles. The van der Waals surface area contributed by atoms with Crippen molar-refractivity contribution in [3.63, 3.8) is 0 Å². The molecule has 0 amide bonds. The second kappa shape index (κ2) is 21.0. The molecule has 0 aromatic heterocycles. The van der Waals surface area contributed by atoms with Gasteiger partial charge in [0.25, 0.3) is 0 Å². The summed E-state index contributed by atoms with van der Waals surface area (Å²) in [7, 11) is 1.41. The molecule has 14 heteroatoms. The van der Waals surface area contributed by atoms with Gasteiger partial charge in [0.2, 0.25) is 0 Å². The fraction of sp³-hybridized carbons (Fsp3) is 0.385. The highest BCUT2D eigenvalue weighted by atomic mass is 35.5. The third-order valence-electron chi connectivity index (χ3n) is 8.39. The van der Waals surface area contributed by atoms with Gasteiger partial charge in [-0.15, -0.1) is 0 Å². The molecule has 0 aliphatic carbocycles. The highest BCUT2D eigenvalue weighted by Crippen LogP contribution is 2.29. The normalized spacial score (nSPS) is 25.3. The number of ether oxygens (including phenoxy) is 7. The minimum Gasteiger partial charge on any atom is -0.374 e. The molecule has 4 aromatic rings. The maximum atomic E-state index is 14.6. The van der Waals surface area contributed by atoms with Crippen molar-refractivity contribution in [1.29, 1.82) is 0 Å². The van der Waals surface area contributed by atoms with E-state index in [9.17, 15) is 13.9 Å². The van der Waals surface area contributed by atoms with E-state index < -0.39 is 49.3 Å². The van der Waals surface area contributed by atoms with E-state index in [4.69, 9.17) is 79.6 Å². The molecule has 0 bridgehead atoms. The molecule has 0 radical (unpaired) electrons. The van der Waals surface area contributed by atoms with Crippen LogP contribution in [0.2, 0.25) is 20.1 Å². The number of halogens is 6. The minimum absolute atomic E-state index is 0.103. The van der Waals surface area contributed by atoms with E-state index in [1.165, 1.54) is 7.11 Å². The van der Waals surface area contributed by atoms with Crippen molar-refractivity contribution >= 4 is 46.4 Å². The van der Waals surface area contributed by atoms with E-state index in [2.05, 4.69) is 0 Å². The molecule has 53 heavy (non-hydrogen) atoms. The Morgan fingerprint density at radius 3 is 1.25 bits per heavy atom. The fourth-order valence-electron chi connectivity index (χ4n) is 5.53. The Morgan fingerprint density at radius 2 is 0.868 bits per heavy atom. The van der Waals surface area contributed by atoms with Crippen LogP contribution in [0.5, 0.6) is 0 Å². The summed E-state index contributed by atoms with van der Waals surface area (Å²) in [5.74, 6) is 0. The van der Waals surface area contributed by atoms with Crippen LogP contribution in [0.25, 0.3) is 0 Å². The predicted molar refractivity (Wildman–Crippen MR) is 199 cm³/mol. The van der Waals surface area contributed by atoms with Crippen LogP contribution >= 0.6 is 46.4 Å². The lowest BCUT2D eigenvalue weighted by atomic mass is 10.1. The Labute approximate surface area is 327 Å². The first-order valence-corrected chi connectivity index (χ1v) is 18.3. The summed E-state index contributed by atoms with van der Waals surface area (Å²) in [6.45, 7) is 1.42. The summed E-state index contributed by atoms with van der Waals surface area (Å²) in [6, 6.07) is 28.9. The number of alkyl halides is 2. The van der Waals surface area contributed by atoms with Gasteiger partial charge in [0, 0.05) is 27.2 Å². The lowest BCUT2D eigenvalue weighted by Crippen LogP contribution is -2.35. The zero-order valence-corrected chi connectivity index (χ0v) is 31.7. The zero-order valence-electron chi connectivity index (χ0n) is 28.7. The maximum absolute atomic E-state index is 14.6. The number of hydrogen-bond acceptors (Lipinski definition) is 8. The van der Waals surface area contributed by atoms with E-state index in [1.807, 2.05) is 36.4 Å². The van der Waals surface area contributed by atoms with Gasteiger partial charge in [-0.05, 0) is 70.8 Å². The first kappa shape index (κ1) is 41.7. The van der Waals surface area contributed by atoms with Crippen molar-refractivity contribution in [2.45, 2.75) is 75.8 Å². The van der Waals surface area contributed by atoms with Gasteiger partial charge in [-0.3, -0.25) is 0 Å². The standard InChI is InChI=1S/C20H21Cl2FO4.C19H19Cl2FO4/c1-24-20-18(23)19(26-11-14-4-8-16(22)9-5-14)17(27-20)12-25-10-13-2-6-15(21)7-3-13;20-14-5-1-12(2-6-14)9-24-11-16-18(17(22)19(23)26-16)25-10-13-3-7-15(21)8-4-13/h2-9,17-20H,10-12H2,1H3;1-8,16-19,23H,9-11H2/t17-,18+,19-,20?;16-,17+,18-,19?/m11/s1. The van der Waals surface area contributed by atoms with Crippen molar-refractivity contribution in [1.82, 2.24) is 0 Å². The van der Waals surface area contributed by atoms with Crippen molar-refractivity contribution in [2.75, 3.05) is 20.3 Å². The lowest BCUT2D eigenvalue weighted by molar-refractivity contribution is -0.147. The van der Waals surface area contributed by atoms with Crippen LogP contribution in [0.3, 0.4) is 0 Å². The molecule has 286 valence electrons. The van der Waals surface area contributed by atoms with E-state index in [0.717, 1.165) is 22.3 Å². The van der Waals surface area contributed by atoms with Gasteiger partial charge in [-0.1, -0.05) is 94.9 Å². The predicted octanol–water partition coefficient (Wildman–Crippen LogP) is 8.96. The highest BCUT2D eigenvalue weighted by molar-refractivity contribution is 6.31. The Bertz CT molecular complexity index is 1650. The monoisotopic (exact) mass is 814 g/mol. The molecular weight excluding hydrogens is 776 g/mol. The molecule has 2 unspecified atom stereocenters. The number of rotatable bonds is 15. The second-order valence-electron chi connectivity index (χ2n) is 12.3. The van der Waals surface area contributed by atoms with Crippen LogP contribution in [0.15, 0.2) is 97.1 Å². The Kier molecular flexibility index (Phi) is 16.6. The van der Waals surface area contributed by atoms with Crippen LogP contribution in [-0.2, 0) is 59.6 Å². The SMILES string of the molecule is COC1O[C@H](COCc2ccc(Cl)cc2)[C@@H](OCc2ccc(Cl)cc2)[C@@H]1F.OC1O[C@H](COCc2ccc(Cl)cc2)[C@@H](OCc2ccc(Cl)cc2)[C@@H]1F. The summed E-state index contributed by atoms with van der Waals surface area (Å²) in [4.78, 5) is 0. The second-order valence-corrected chi connectivity index (χ2v) is 14.1. The van der Waals surface area contributed by atoms with Gasteiger partial charge >= 0.3 is 0 Å². The van der Waals surface area contributed by atoms with Crippen LogP contribution < -0.4 is 0 Å². The van der Waals surface area contributed by atoms with Crippen LogP contribution in [0.4, 0.5) is 8.78 Å². The van der Waals surface area contributed by atoms with E-state index in [-0.39, 0.29) is 26.4 Å². The third-order valence-corrected chi connectivity index (χ3v) is 9.40. The molecular formula is C39H40Cl4F2O8. The molecule has 2 saturated heterocycles. The molecule has 1 N–H and O–H groups in total. The van der Waals surface area contributed by atoms with Gasteiger partial charge in [0.05, 0.1) is 39.6 Å². The number of methoxy groups -OCH3 is 1. The molecule has 2 aliphatic rings. The number of benzene rings is 4. The summed E-state index contributed by atoms with van der Waals surface area (Å²) in [5, 5.41) is 12.2. The first-order valence-electron chi connectivity index (χ1n) is 16.8. The van der Waals surface area contributed by atoms with Crippen molar-refractivity contribution in [3.8, 4) is 0 Å². The average molecular weight is 817 g/mol. The number of aliphatic hydroxyl groups is 1. The molecule has 4 aromatic carbocycles. The van der Waals surface area contributed by atoms with Crippen LogP contribution in [0, 0.1) is 0 Å². The summed E-state index contributed by atoms with van der Waals surface area (Å²) in [6.07, 6.45) is -8.47. The highest BCUT2D eigenvalue weighted by Gasteiger charge is 2.47.